The smallest absolute Gasteiger partial charge is 0.165 e. The zero-order chi connectivity index (χ0) is 10.7. The van der Waals surface area contributed by atoms with Gasteiger partial charge in [0.2, 0.25) is 0 Å². The van der Waals surface area contributed by atoms with Gasteiger partial charge in [0.25, 0.3) is 0 Å². The zero-order valence-corrected chi connectivity index (χ0v) is 7.83. The molecule has 0 saturated carbocycles. The van der Waals surface area contributed by atoms with Crippen molar-refractivity contribution in [3.63, 3.8) is 0 Å². The summed E-state index contributed by atoms with van der Waals surface area (Å²) >= 11 is 0. The lowest BCUT2D eigenvalue weighted by molar-refractivity contribution is 0.583. The highest BCUT2D eigenvalue weighted by Gasteiger charge is 2.00. The van der Waals surface area contributed by atoms with Crippen LogP contribution >= 0.6 is 0 Å². The fourth-order valence-corrected chi connectivity index (χ4v) is 1.17. The van der Waals surface area contributed by atoms with Gasteiger partial charge in [-0.3, -0.25) is 4.98 Å². The number of pyridine rings is 1. The summed E-state index contributed by atoms with van der Waals surface area (Å²) in [7, 11) is 0. The highest BCUT2D eigenvalue weighted by atomic mass is 15.5. The SMILES string of the molecule is N#Cc1ccnc(Cn2ncc(N)n2)c1. The van der Waals surface area contributed by atoms with Gasteiger partial charge in [0.1, 0.15) is 6.54 Å². The minimum absolute atomic E-state index is 0.367. The molecular formula is C9H8N6. The fourth-order valence-electron chi connectivity index (χ4n) is 1.17. The first-order valence-corrected chi connectivity index (χ1v) is 4.28. The average molecular weight is 200 g/mol. The summed E-state index contributed by atoms with van der Waals surface area (Å²) in [6.07, 6.45) is 3.05. The molecule has 2 N–H and O–H groups in total. The van der Waals surface area contributed by atoms with E-state index in [9.17, 15) is 0 Å². The first-order chi connectivity index (χ1) is 7.28. The molecule has 2 aromatic heterocycles. The van der Waals surface area contributed by atoms with E-state index in [1.165, 1.54) is 11.0 Å². The molecule has 74 valence electrons. The molecule has 6 heteroatoms. The largest absolute Gasteiger partial charge is 0.381 e. The second-order valence-electron chi connectivity index (χ2n) is 2.95. The number of nitrogens with two attached hydrogens (primary N) is 1. The van der Waals surface area contributed by atoms with E-state index in [1.54, 1.807) is 18.3 Å². The number of aromatic nitrogens is 4. The van der Waals surface area contributed by atoms with Crippen LogP contribution in [0.15, 0.2) is 24.5 Å². The Labute approximate surface area is 86.0 Å². The lowest BCUT2D eigenvalue weighted by Crippen LogP contribution is -2.05. The molecule has 0 aliphatic heterocycles. The van der Waals surface area contributed by atoms with E-state index in [2.05, 4.69) is 15.2 Å². The van der Waals surface area contributed by atoms with Crippen molar-refractivity contribution < 1.29 is 0 Å². The first-order valence-electron chi connectivity index (χ1n) is 4.28. The summed E-state index contributed by atoms with van der Waals surface area (Å²) in [4.78, 5) is 5.53. The Morgan fingerprint density at radius 3 is 3.07 bits per heavy atom. The Morgan fingerprint density at radius 1 is 1.53 bits per heavy atom. The van der Waals surface area contributed by atoms with Gasteiger partial charge >= 0.3 is 0 Å². The van der Waals surface area contributed by atoms with E-state index in [1.807, 2.05) is 6.07 Å². The Hall–Kier alpha value is -2.42. The van der Waals surface area contributed by atoms with Crippen molar-refractivity contribution in [1.82, 2.24) is 20.0 Å². The van der Waals surface area contributed by atoms with Gasteiger partial charge < -0.3 is 5.73 Å². The van der Waals surface area contributed by atoms with Crippen LogP contribution in [0, 0.1) is 11.3 Å². The van der Waals surface area contributed by atoms with E-state index in [-0.39, 0.29) is 0 Å². The summed E-state index contributed by atoms with van der Waals surface area (Å²) < 4.78 is 0. The van der Waals surface area contributed by atoms with Crippen LogP contribution < -0.4 is 5.73 Å². The first kappa shape index (κ1) is 9.15. The third kappa shape index (κ3) is 2.08. The van der Waals surface area contributed by atoms with Crippen LogP contribution in [0.3, 0.4) is 0 Å². The molecule has 2 rings (SSSR count). The summed E-state index contributed by atoms with van der Waals surface area (Å²) in [6.45, 7) is 0.409. The summed E-state index contributed by atoms with van der Waals surface area (Å²) in [6, 6.07) is 5.38. The van der Waals surface area contributed by atoms with Crippen molar-refractivity contribution in [2.75, 3.05) is 5.73 Å². The van der Waals surface area contributed by atoms with Crippen molar-refractivity contribution in [2.45, 2.75) is 6.54 Å². The Kier molecular flexibility index (Phi) is 2.29. The highest BCUT2D eigenvalue weighted by Crippen LogP contribution is 2.02. The second-order valence-corrected chi connectivity index (χ2v) is 2.95. The topological polar surface area (TPSA) is 93.4 Å². The molecule has 0 spiro atoms. The van der Waals surface area contributed by atoms with Crippen LogP contribution in [0.5, 0.6) is 0 Å². The van der Waals surface area contributed by atoms with E-state index < -0.39 is 0 Å². The lowest BCUT2D eigenvalue weighted by Gasteiger charge is -1.99. The molecule has 0 radical (unpaired) electrons. The molecule has 0 amide bonds. The van der Waals surface area contributed by atoms with Gasteiger partial charge in [0.15, 0.2) is 5.82 Å². The average Bonchev–Trinajstić information content (AvgIpc) is 2.64. The van der Waals surface area contributed by atoms with Crippen LogP contribution in [-0.4, -0.2) is 20.0 Å². The molecular weight excluding hydrogens is 192 g/mol. The van der Waals surface area contributed by atoms with Crippen LogP contribution in [-0.2, 0) is 6.54 Å². The summed E-state index contributed by atoms with van der Waals surface area (Å²) in [5.74, 6) is 0.367. The molecule has 0 saturated heterocycles. The highest BCUT2D eigenvalue weighted by molar-refractivity contribution is 5.28. The lowest BCUT2D eigenvalue weighted by atomic mass is 10.2. The number of anilines is 1. The van der Waals surface area contributed by atoms with E-state index in [4.69, 9.17) is 11.0 Å². The molecule has 0 bridgehead atoms. The van der Waals surface area contributed by atoms with E-state index >= 15 is 0 Å². The van der Waals surface area contributed by atoms with Crippen molar-refractivity contribution in [3.05, 3.63) is 35.8 Å². The molecule has 0 atom stereocenters. The van der Waals surface area contributed by atoms with Gasteiger partial charge in [-0.1, -0.05) is 0 Å². The van der Waals surface area contributed by atoms with Gasteiger partial charge in [-0.25, -0.2) is 0 Å². The van der Waals surface area contributed by atoms with Crippen molar-refractivity contribution in [3.8, 4) is 6.07 Å². The van der Waals surface area contributed by atoms with E-state index in [0.29, 0.717) is 17.9 Å². The van der Waals surface area contributed by atoms with Gasteiger partial charge in [-0.2, -0.15) is 15.2 Å². The summed E-state index contributed by atoms with van der Waals surface area (Å²) in [5, 5.41) is 16.5. The Morgan fingerprint density at radius 2 is 2.40 bits per heavy atom. The van der Waals surface area contributed by atoms with Crippen LogP contribution in [0.2, 0.25) is 0 Å². The van der Waals surface area contributed by atoms with Gasteiger partial charge in [0.05, 0.1) is 23.5 Å². The normalized spacial score (nSPS) is 9.80. The van der Waals surface area contributed by atoms with Crippen LogP contribution in [0.1, 0.15) is 11.3 Å². The molecule has 2 heterocycles. The predicted octanol–water partition coefficient (Wildman–Crippen LogP) is 0.175. The molecule has 0 fully saturated rings. The zero-order valence-electron chi connectivity index (χ0n) is 7.83. The number of nitriles is 1. The molecule has 0 unspecified atom stereocenters. The van der Waals surface area contributed by atoms with Crippen molar-refractivity contribution in [2.24, 2.45) is 0 Å². The number of rotatable bonds is 2. The van der Waals surface area contributed by atoms with Crippen molar-refractivity contribution in [1.29, 1.82) is 5.26 Å². The fraction of sp³-hybridized carbons (Fsp3) is 0.111. The molecule has 0 aliphatic carbocycles. The van der Waals surface area contributed by atoms with E-state index in [0.717, 1.165) is 5.69 Å². The third-order valence-corrected chi connectivity index (χ3v) is 1.80. The maximum Gasteiger partial charge on any atom is 0.165 e. The molecule has 6 nitrogen and oxygen atoms in total. The number of hydrogen-bond donors (Lipinski definition) is 1. The quantitative estimate of drug-likeness (QED) is 0.746. The standard InChI is InChI=1S/C9H8N6/c10-4-7-1-2-12-8(3-7)6-15-13-5-9(11)14-15/h1-3,5H,6H2,(H2,11,14). The predicted molar refractivity (Wildman–Crippen MR) is 52.5 cm³/mol. The third-order valence-electron chi connectivity index (χ3n) is 1.80. The molecule has 15 heavy (non-hydrogen) atoms. The molecule has 2 aromatic rings. The molecule has 0 aliphatic rings. The monoisotopic (exact) mass is 200 g/mol. The second kappa shape index (κ2) is 3.75. The number of nitrogen functional groups attached to an aromatic ring is 1. The van der Waals surface area contributed by atoms with Crippen LogP contribution in [0.25, 0.3) is 0 Å². The van der Waals surface area contributed by atoms with Gasteiger partial charge in [-0.05, 0) is 12.1 Å². The summed E-state index contributed by atoms with van der Waals surface area (Å²) in [5.41, 5.74) is 6.72. The maximum absolute atomic E-state index is 8.70. The van der Waals surface area contributed by atoms with Gasteiger partial charge in [-0.15, -0.1) is 5.10 Å². The minimum atomic E-state index is 0.367. The van der Waals surface area contributed by atoms with Crippen molar-refractivity contribution >= 4 is 5.82 Å². The number of nitrogens with zero attached hydrogens (tertiary/aromatic N) is 5. The maximum atomic E-state index is 8.70. The Balaban J connectivity index is 2.21. The molecule has 0 aromatic carbocycles. The Bertz CT molecular complexity index is 509. The minimum Gasteiger partial charge on any atom is -0.381 e. The van der Waals surface area contributed by atoms with Gasteiger partial charge in [0, 0.05) is 6.20 Å². The number of hydrogen-bond acceptors (Lipinski definition) is 5. The van der Waals surface area contributed by atoms with Crippen LogP contribution in [0.4, 0.5) is 5.82 Å².